The average Bonchev–Trinajstić information content (AvgIpc) is 3.57. The number of hydrogen-bond acceptors (Lipinski definition) is 6. The summed E-state index contributed by atoms with van der Waals surface area (Å²) < 4.78 is 7.64. The van der Waals surface area contributed by atoms with Crippen molar-refractivity contribution in [1.82, 2.24) is 14.9 Å². The van der Waals surface area contributed by atoms with Crippen LogP contribution in [0.2, 0.25) is 0 Å². The summed E-state index contributed by atoms with van der Waals surface area (Å²) in [5, 5.41) is 15.2. The number of thiocarbonyl (C=S) groups is 1. The highest BCUT2D eigenvalue weighted by atomic mass is 32.2. The molecule has 6 rings (SSSR count). The van der Waals surface area contributed by atoms with E-state index in [2.05, 4.69) is 63.1 Å². The third-order valence-corrected chi connectivity index (χ3v) is 8.57. The van der Waals surface area contributed by atoms with Crippen LogP contribution in [0, 0.1) is 17.0 Å². The predicted molar refractivity (Wildman–Crippen MR) is 169 cm³/mol. The predicted octanol–water partition coefficient (Wildman–Crippen LogP) is 7.43. The summed E-state index contributed by atoms with van der Waals surface area (Å²) in [5.74, 6) is 0.800. The van der Waals surface area contributed by atoms with Crippen LogP contribution in [0.1, 0.15) is 29.2 Å². The maximum Gasteiger partial charge on any atom is 0.269 e. The number of rotatable bonds is 8. The highest BCUT2D eigenvalue weighted by Crippen LogP contribution is 2.43. The van der Waals surface area contributed by atoms with Gasteiger partial charge in [0.2, 0.25) is 0 Å². The van der Waals surface area contributed by atoms with Crippen molar-refractivity contribution in [3.63, 3.8) is 0 Å². The number of aryl methyl sites for hydroxylation is 1. The number of benzene rings is 3. The minimum Gasteiger partial charge on any atom is -0.497 e. The van der Waals surface area contributed by atoms with Gasteiger partial charge in [-0.25, -0.2) is 0 Å². The maximum atomic E-state index is 11.0. The number of methoxy groups -OCH3 is 1. The lowest BCUT2D eigenvalue weighted by Crippen LogP contribution is -2.30. The maximum absolute atomic E-state index is 11.0. The monoisotopic (exact) mass is 593 g/mol. The fourth-order valence-electron chi connectivity index (χ4n) is 5.25. The summed E-state index contributed by atoms with van der Waals surface area (Å²) in [6.07, 6.45) is 1.80. The van der Waals surface area contributed by atoms with E-state index in [1.807, 2.05) is 42.5 Å². The molecule has 0 radical (unpaired) electrons. The first-order valence-corrected chi connectivity index (χ1v) is 14.5. The SMILES string of the molecule is COc1ccc(-n2c(C)ccc2[C@@H]2[C@@H](c3ccccn3)NC(=S)N2c2ccc(Sc3ccc([N+](=O)[O-])cc3)cc2)cc1. The number of nitro benzene ring substituents is 1. The smallest absolute Gasteiger partial charge is 0.269 e. The number of nitrogens with zero attached hydrogens (tertiary/aromatic N) is 4. The number of aromatic nitrogens is 2. The number of pyridine rings is 1. The molecule has 1 N–H and O–H groups in total. The van der Waals surface area contributed by atoms with Crippen molar-refractivity contribution in [3.8, 4) is 11.4 Å². The fraction of sp³-hybridized carbons (Fsp3) is 0.125. The van der Waals surface area contributed by atoms with E-state index in [4.69, 9.17) is 17.0 Å². The Kier molecular flexibility index (Phi) is 7.64. The lowest BCUT2D eigenvalue weighted by molar-refractivity contribution is -0.384. The molecule has 0 spiro atoms. The molecule has 2 atom stereocenters. The Bertz CT molecular complexity index is 1720. The lowest BCUT2D eigenvalue weighted by atomic mass is 10.0. The molecule has 0 aliphatic carbocycles. The van der Waals surface area contributed by atoms with Crippen molar-refractivity contribution in [3.05, 3.63) is 137 Å². The zero-order chi connectivity index (χ0) is 29.2. The fourth-order valence-corrected chi connectivity index (χ4v) is 6.42. The van der Waals surface area contributed by atoms with Gasteiger partial charge in [0.25, 0.3) is 5.69 Å². The molecule has 0 amide bonds. The molecule has 3 aromatic carbocycles. The van der Waals surface area contributed by atoms with E-state index < -0.39 is 4.92 Å². The summed E-state index contributed by atoms with van der Waals surface area (Å²) >= 11 is 7.49. The minimum absolute atomic E-state index is 0.0767. The number of hydrogen-bond donors (Lipinski definition) is 1. The van der Waals surface area contributed by atoms with Crippen LogP contribution in [0.4, 0.5) is 11.4 Å². The second-order valence-electron chi connectivity index (χ2n) is 9.78. The standard InChI is InChI=1S/C32H27N5O3S2/c1-21-6-19-29(35(21)22-7-13-25(40-2)14-8-22)31-30(28-5-3-4-20-33-28)34-32(41)36(31)23-9-15-26(16-10-23)42-27-17-11-24(12-18-27)37(38)39/h3-20,30-31H,1-2H3,(H,34,41)/t30-,31-/m1/s1. The van der Waals surface area contributed by atoms with Gasteiger partial charge in [0, 0.05) is 50.9 Å². The zero-order valence-corrected chi connectivity index (χ0v) is 24.5. The lowest BCUT2D eigenvalue weighted by Gasteiger charge is -2.29. The van der Waals surface area contributed by atoms with Crippen LogP contribution >= 0.6 is 24.0 Å². The molecule has 0 saturated carbocycles. The van der Waals surface area contributed by atoms with Crippen molar-refractivity contribution < 1.29 is 9.66 Å². The minimum atomic E-state index is -0.391. The van der Waals surface area contributed by atoms with Crippen LogP contribution in [0.3, 0.4) is 0 Å². The Labute approximate surface area is 253 Å². The Morgan fingerprint density at radius 2 is 1.57 bits per heavy atom. The molecule has 8 nitrogen and oxygen atoms in total. The van der Waals surface area contributed by atoms with Gasteiger partial charge >= 0.3 is 0 Å². The number of nitro groups is 1. The van der Waals surface area contributed by atoms with Crippen LogP contribution < -0.4 is 15.0 Å². The van der Waals surface area contributed by atoms with Crippen molar-refractivity contribution in [1.29, 1.82) is 0 Å². The largest absolute Gasteiger partial charge is 0.497 e. The topological polar surface area (TPSA) is 85.5 Å². The second-order valence-corrected chi connectivity index (χ2v) is 11.3. The van der Waals surface area contributed by atoms with E-state index in [1.165, 1.54) is 12.1 Å². The van der Waals surface area contributed by atoms with Gasteiger partial charge in [0.15, 0.2) is 5.11 Å². The van der Waals surface area contributed by atoms with Gasteiger partial charge in [-0.05, 0) is 104 Å². The number of anilines is 1. The molecule has 1 fully saturated rings. The highest BCUT2D eigenvalue weighted by molar-refractivity contribution is 7.99. The third kappa shape index (κ3) is 5.34. The summed E-state index contributed by atoms with van der Waals surface area (Å²) in [4.78, 5) is 19.4. The van der Waals surface area contributed by atoms with E-state index in [0.29, 0.717) is 5.11 Å². The molecule has 1 aliphatic heterocycles. The molecule has 0 unspecified atom stereocenters. The Balaban J connectivity index is 1.37. The molecule has 3 heterocycles. The number of nitrogens with one attached hydrogen (secondary N) is 1. The van der Waals surface area contributed by atoms with Crippen molar-refractivity contribution in [2.24, 2.45) is 0 Å². The van der Waals surface area contributed by atoms with E-state index in [0.717, 1.165) is 44.0 Å². The quantitative estimate of drug-likeness (QED) is 0.113. The first-order chi connectivity index (χ1) is 20.4. The summed E-state index contributed by atoms with van der Waals surface area (Å²) in [6, 6.07) is 32.7. The molecule has 10 heteroatoms. The summed E-state index contributed by atoms with van der Waals surface area (Å²) in [7, 11) is 1.66. The van der Waals surface area contributed by atoms with Gasteiger partial charge in [-0.3, -0.25) is 15.1 Å². The molecular weight excluding hydrogens is 567 g/mol. The third-order valence-electron chi connectivity index (χ3n) is 7.24. The molecule has 0 bridgehead atoms. The molecule has 2 aromatic heterocycles. The Morgan fingerprint density at radius 1 is 0.905 bits per heavy atom. The summed E-state index contributed by atoms with van der Waals surface area (Å²) in [6.45, 7) is 2.10. The normalized spacial score (nSPS) is 16.3. The molecule has 5 aromatic rings. The van der Waals surface area contributed by atoms with Crippen molar-refractivity contribution in [2.75, 3.05) is 12.0 Å². The first kappa shape index (κ1) is 27.5. The van der Waals surface area contributed by atoms with Gasteiger partial charge in [-0.15, -0.1) is 0 Å². The van der Waals surface area contributed by atoms with Crippen molar-refractivity contribution >= 4 is 40.5 Å². The molecule has 210 valence electrons. The van der Waals surface area contributed by atoms with E-state index in [1.54, 1.807) is 37.2 Å². The van der Waals surface area contributed by atoms with E-state index >= 15 is 0 Å². The van der Waals surface area contributed by atoms with Crippen LogP contribution in [-0.2, 0) is 0 Å². The van der Waals surface area contributed by atoms with Crippen LogP contribution in [0.25, 0.3) is 5.69 Å². The Morgan fingerprint density at radius 3 is 2.19 bits per heavy atom. The van der Waals surface area contributed by atoms with Crippen LogP contribution in [-0.4, -0.2) is 26.7 Å². The summed E-state index contributed by atoms with van der Waals surface area (Å²) in [5.41, 5.74) is 5.13. The van der Waals surface area contributed by atoms with Crippen LogP contribution in [0.5, 0.6) is 5.75 Å². The average molecular weight is 594 g/mol. The van der Waals surface area contributed by atoms with Gasteiger partial charge in [-0.2, -0.15) is 0 Å². The van der Waals surface area contributed by atoms with Crippen LogP contribution in [0.15, 0.2) is 119 Å². The zero-order valence-electron chi connectivity index (χ0n) is 22.9. The van der Waals surface area contributed by atoms with E-state index in [-0.39, 0.29) is 17.8 Å². The highest BCUT2D eigenvalue weighted by Gasteiger charge is 2.42. The van der Waals surface area contributed by atoms with Gasteiger partial charge in [0.05, 0.1) is 23.8 Å². The Hall–Kier alpha value is -4.67. The van der Waals surface area contributed by atoms with Gasteiger partial charge in [-0.1, -0.05) is 17.8 Å². The second kappa shape index (κ2) is 11.7. The van der Waals surface area contributed by atoms with Crippen molar-refractivity contribution in [2.45, 2.75) is 28.8 Å². The molecule has 1 saturated heterocycles. The number of ether oxygens (including phenoxy) is 1. The first-order valence-electron chi connectivity index (χ1n) is 13.3. The molecular formula is C32H27N5O3S2. The van der Waals surface area contributed by atoms with Gasteiger partial charge < -0.3 is 19.5 Å². The van der Waals surface area contributed by atoms with E-state index in [9.17, 15) is 10.1 Å². The molecule has 42 heavy (non-hydrogen) atoms. The number of non-ortho nitro benzene ring substituents is 1. The molecule has 1 aliphatic rings. The van der Waals surface area contributed by atoms with Gasteiger partial charge in [0.1, 0.15) is 11.8 Å².